The van der Waals surface area contributed by atoms with E-state index < -0.39 is 4.92 Å². The summed E-state index contributed by atoms with van der Waals surface area (Å²) in [6.07, 6.45) is 0. The van der Waals surface area contributed by atoms with Gasteiger partial charge in [0.15, 0.2) is 0 Å². The van der Waals surface area contributed by atoms with Crippen molar-refractivity contribution in [3.63, 3.8) is 0 Å². The molecule has 0 heterocycles. The summed E-state index contributed by atoms with van der Waals surface area (Å²) in [6, 6.07) is 13.1. The van der Waals surface area contributed by atoms with Crippen molar-refractivity contribution in [3.8, 4) is 5.75 Å². The molecule has 2 aromatic carbocycles. The van der Waals surface area contributed by atoms with Crippen LogP contribution in [-0.4, -0.2) is 10.0 Å². The van der Waals surface area contributed by atoms with Crippen LogP contribution < -0.4 is 0 Å². The number of hydrogen-bond donors (Lipinski definition) is 1. The Labute approximate surface area is 114 Å². The highest BCUT2D eigenvalue weighted by Gasteiger charge is 2.15. The van der Waals surface area contributed by atoms with Crippen LogP contribution >= 0.6 is 23.2 Å². The molecule has 0 atom stereocenters. The van der Waals surface area contributed by atoms with Crippen molar-refractivity contribution in [1.29, 1.82) is 0 Å². The molecule has 0 saturated heterocycles. The quantitative estimate of drug-likeness (QED) is 0.628. The third kappa shape index (κ3) is 4.24. The van der Waals surface area contributed by atoms with Crippen LogP contribution in [0.2, 0.25) is 10.0 Å². The van der Waals surface area contributed by atoms with E-state index in [0.717, 1.165) is 0 Å². The fourth-order valence-corrected chi connectivity index (χ4v) is 1.63. The maximum Gasteiger partial charge on any atom is 0.306 e. The van der Waals surface area contributed by atoms with Gasteiger partial charge in [0.25, 0.3) is 0 Å². The first-order valence-electron chi connectivity index (χ1n) is 4.85. The van der Waals surface area contributed by atoms with Gasteiger partial charge in [-0.15, -0.1) is 0 Å². The van der Waals surface area contributed by atoms with E-state index in [-0.39, 0.29) is 15.7 Å². The van der Waals surface area contributed by atoms with Gasteiger partial charge in [-0.3, -0.25) is 10.1 Å². The van der Waals surface area contributed by atoms with Gasteiger partial charge >= 0.3 is 5.69 Å². The summed E-state index contributed by atoms with van der Waals surface area (Å²) in [5, 5.41) is 19.0. The Morgan fingerprint density at radius 3 is 1.72 bits per heavy atom. The van der Waals surface area contributed by atoms with E-state index in [1.54, 1.807) is 30.3 Å². The Balaban J connectivity index is 0.000000199. The molecule has 0 spiro atoms. The highest BCUT2D eigenvalue weighted by Crippen LogP contribution is 2.31. The van der Waals surface area contributed by atoms with Crippen molar-refractivity contribution < 1.29 is 10.0 Å². The first-order valence-corrected chi connectivity index (χ1v) is 5.60. The van der Waals surface area contributed by atoms with Crippen molar-refractivity contribution in [2.24, 2.45) is 0 Å². The molecule has 0 aliphatic carbocycles. The number of para-hydroxylation sites is 2. The number of nitrogens with zero attached hydrogens (tertiary/aromatic N) is 1. The van der Waals surface area contributed by atoms with Gasteiger partial charge in [0.05, 0.1) is 4.92 Å². The van der Waals surface area contributed by atoms with Crippen LogP contribution in [-0.2, 0) is 0 Å². The number of phenolic OH excluding ortho intramolecular Hbond substituents is 1. The van der Waals surface area contributed by atoms with Gasteiger partial charge < -0.3 is 5.11 Å². The normalized spacial score (nSPS) is 9.22. The second kappa shape index (κ2) is 6.83. The number of nitro groups is 1. The SMILES string of the molecule is O=[N+]([O-])c1c(Cl)cccc1Cl.Oc1ccccc1. The molecule has 0 radical (unpaired) electrons. The van der Waals surface area contributed by atoms with E-state index in [0.29, 0.717) is 5.75 Å². The van der Waals surface area contributed by atoms with E-state index in [1.807, 2.05) is 6.07 Å². The fraction of sp³-hybridized carbons (Fsp3) is 0. The molecule has 0 aromatic heterocycles. The number of benzene rings is 2. The summed E-state index contributed by atoms with van der Waals surface area (Å²) in [4.78, 5) is 9.67. The number of rotatable bonds is 1. The van der Waals surface area contributed by atoms with Crippen LogP contribution in [0.1, 0.15) is 0 Å². The summed E-state index contributed by atoms with van der Waals surface area (Å²) >= 11 is 11.0. The molecule has 94 valence electrons. The molecule has 0 saturated carbocycles. The molecule has 0 aliphatic heterocycles. The minimum absolute atomic E-state index is 0.0579. The van der Waals surface area contributed by atoms with Crippen LogP contribution in [0.5, 0.6) is 5.75 Å². The Bertz CT molecular complexity index is 512. The third-order valence-electron chi connectivity index (χ3n) is 1.88. The molecule has 2 rings (SSSR count). The van der Waals surface area contributed by atoms with E-state index in [1.165, 1.54) is 12.1 Å². The van der Waals surface area contributed by atoms with Crippen LogP contribution in [0.15, 0.2) is 48.5 Å². The molecule has 0 fully saturated rings. The lowest BCUT2D eigenvalue weighted by molar-refractivity contribution is -0.384. The fourth-order valence-electron chi connectivity index (χ4n) is 1.09. The molecule has 1 N–H and O–H groups in total. The first-order chi connectivity index (χ1) is 8.52. The molecular weight excluding hydrogens is 277 g/mol. The zero-order valence-electron chi connectivity index (χ0n) is 9.09. The zero-order valence-corrected chi connectivity index (χ0v) is 10.6. The van der Waals surface area contributed by atoms with E-state index >= 15 is 0 Å². The average Bonchev–Trinajstić information content (AvgIpc) is 2.30. The smallest absolute Gasteiger partial charge is 0.306 e. The van der Waals surface area contributed by atoms with Crippen molar-refractivity contribution in [2.75, 3.05) is 0 Å². The second-order valence-corrected chi connectivity index (χ2v) is 3.98. The molecule has 0 amide bonds. The van der Waals surface area contributed by atoms with Gasteiger partial charge in [0.2, 0.25) is 0 Å². The minimum Gasteiger partial charge on any atom is -0.508 e. The number of aromatic hydroxyl groups is 1. The van der Waals surface area contributed by atoms with Gasteiger partial charge in [-0.05, 0) is 24.3 Å². The summed E-state index contributed by atoms with van der Waals surface area (Å²) in [5.41, 5.74) is -0.240. The number of hydrogen-bond acceptors (Lipinski definition) is 3. The summed E-state index contributed by atoms with van der Waals surface area (Å²) in [5.74, 6) is 0.322. The van der Waals surface area contributed by atoms with Gasteiger partial charge in [0, 0.05) is 0 Å². The minimum atomic E-state index is -0.606. The molecule has 2 aromatic rings. The Morgan fingerprint density at radius 1 is 0.944 bits per heavy atom. The van der Waals surface area contributed by atoms with Crippen molar-refractivity contribution >= 4 is 28.9 Å². The monoisotopic (exact) mass is 285 g/mol. The van der Waals surface area contributed by atoms with Crippen molar-refractivity contribution in [1.82, 2.24) is 0 Å². The molecular formula is C12H9Cl2NO3. The molecule has 0 unspecified atom stereocenters. The van der Waals surface area contributed by atoms with Gasteiger partial charge in [-0.2, -0.15) is 0 Å². The van der Waals surface area contributed by atoms with E-state index in [9.17, 15) is 10.1 Å². The predicted octanol–water partition coefficient (Wildman–Crippen LogP) is 4.29. The highest BCUT2D eigenvalue weighted by atomic mass is 35.5. The topological polar surface area (TPSA) is 63.4 Å². The first kappa shape index (κ1) is 14.3. The van der Waals surface area contributed by atoms with Crippen molar-refractivity contribution in [2.45, 2.75) is 0 Å². The summed E-state index contributed by atoms with van der Waals surface area (Å²) in [6.45, 7) is 0. The third-order valence-corrected chi connectivity index (χ3v) is 2.49. The summed E-state index contributed by atoms with van der Waals surface area (Å²) in [7, 11) is 0. The van der Waals surface area contributed by atoms with Crippen molar-refractivity contribution in [3.05, 3.63) is 68.7 Å². The van der Waals surface area contributed by atoms with Gasteiger partial charge in [0.1, 0.15) is 15.8 Å². The number of halogens is 2. The second-order valence-electron chi connectivity index (χ2n) is 3.16. The Kier molecular flexibility index (Phi) is 5.42. The number of phenols is 1. The zero-order chi connectivity index (χ0) is 13.5. The molecule has 4 nitrogen and oxygen atoms in total. The van der Waals surface area contributed by atoms with Crippen LogP contribution in [0.4, 0.5) is 5.69 Å². The number of nitro benzene ring substituents is 1. The van der Waals surface area contributed by atoms with E-state index in [2.05, 4.69) is 0 Å². The standard InChI is InChI=1S/C6H3Cl2NO2.C6H6O/c7-4-2-1-3-5(8)6(4)9(10)11;7-6-4-2-1-3-5-6/h1-3H;1-5,7H. The molecule has 6 heteroatoms. The van der Waals surface area contributed by atoms with Crippen LogP contribution in [0.25, 0.3) is 0 Å². The predicted molar refractivity (Wildman–Crippen MR) is 71.2 cm³/mol. The van der Waals surface area contributed by atoms with Crippen LogP contribution in [0, 0.1) is 10.1 Å². The van der Waals surface area contributed by atoms with E-state index in [4.69, 9.17) is 28.3 Å². The van der Waals surface area contributed by atoms with Gasteiger partial charge in [-0.1, -0.05) is 47.5 Å². The van der Waals surface area contributed by atoms with Gasteiger partial charge in [-0.25, -0.2) is 0 Å². The highest BCUT2D eigenvalue weighted by molar-refractivity contribution is 6.38. The maximum absolute atomic E-state index is 10.3. The lowest BCUT2D eigenvalue weighted by Gasteiger charge is -1.95. The maximum atomic E-state index is 10.3. The lowest BCUT2D eigenvalue weighted by atomic mass is 10.3. The Hall–Kier alpha value is -1.78. The Morgan fingerprint density at radius 2 is 1.44 bits per heavy atom. The lowest BCUT2D eigenvalue weighted by Crippen LogP contribution is -1.89. The molecule has 0 aliphatic rings. The molecule has 0 bridgehead atoms. The van der Waals surface area contributed by atoms with Crippen LogP contribution in [0.3, 0.4) is 0 Å². The average molecular weight is 286 g/mol. The summed E-state index contributed by atoms with van der Waals surface area (Å²) < 4.78 is 0. The molecule has 18 heavy (non-hydrogen) atoms. The largest absolute Gasteiger partial charge is 0.508 e.